The smallest absolute Gasteiger partial charge is 0.417 e. The maximum Gasteiger partial charge on any atom is 0.417 e. The van der Waals surface area contributed by atoms with Gasteiger partial charge in [0.1, 0.15) is 23.6 Å². The molecule has 1 aliphatic rings. The predicted molar refractivity (Wildman–Crippen MR) is 99.2 cm³/mol. The van der Waals surface area contributed by atoms with Crippen LogP contribution < -0.4 is 0 Å². The van der Waals surface area contributed by atoms with E-state index >= 15 is 0 Å². The Labute approximate surface area is 161 Å². The molecule has 1 saturated heterocycles. The largest absolute Gasteiger partial charge is 0.446 e. The van der Waals surface area contributed by atoms with Crippen LogP contribution in [0.25, 0.3) is 0 Å². The molecule has 25 heavy (non-hydrogen) atoms. The molecule has 2 aromatic carbocycles. The van der Waals surface area contributed by atoms with Crippen molar-refractivity contribution in [3.8, 4) is 0 Å². The summed E-state index contributed by atoms with van der Waals surface area (Å²) in [6, 6.07) is 15.8. The van der Waals surface area contributed by atoms with Gasteiger partial charge in [-0.1, -0.05) is 80.4 Å². The number of benzene rings is 2. The fraction of sp³-hybridized carbons (Fsp3) is 0.222. The van der Waals surface area contributed by atoms with Crippen molar-refractivity contribution in [3.63, 3.8) is 0 Å². The lowest BCUT2D eigenvalue weighted by Gasteiger charge is -2.25. The molecule has 3 rings (SSSR count). The number of hydrogen-bond donors (Lipinski definition) is 1. The summed E-state index contributed by atoms with van der Waals surface area (Å²) in [7, 11) is 0. The summed E-state index contributed by atoms with van der Waals surface area (Å²) >= 11 is 6.61. The molecule has 0 aromatic heterocycles. The second-order valence-electron chi connectivity index (χ2n) is 5.58. The number of halogens is 2. The molecule has 0 spiro atoms. The maximum absolute atomic E-state index is 12.9. The number of alkyl halides is 1. The zero-order valence-corrected chi connectivity index (χ0v) is 16.2. The number of carbonyl (C=O) groups excluding carboxylic acids is 2. The minimum absolute atomic E-state index is 0.0967. The highest BCUT2D eigenvalue weighted by molar-refractivity contribution is 9.10. The molecule has 0 aliphatic carbocycles. The van der Waals surface area contributed by atoms with Crippen LogP contribution in [0.5, 0.6) is 0 Å². The zero-order valence-electron chi connectivity index (χ0n) is 13.0. The van der Waals surface area contributed by atoms with Crippen LogP contribution in [0.3, 0.4) is 0 Å². The number of imide groups is 1. The van der Waals surface area contributed by atoms with Gasteiger partial charge in [-0.25, -0.2) is 9.69 Å². The van der Waals surface area contributed by atoms with E-state index in [9.17, 15) is 14.7 Å². The van der Waals surface area contributed by atoms with E-state index in [4.69, 9.17) is 4.74 Å². The zero-order chi connectivity index (χ0) is 18.0. The van der Waals surface area contributed by atoms with E-state index in [1.807, 2.05) is 36.4 Å². The monoisotopic (exact) mass is 467 g/mol. The second-order valence-corrected chi connectivity index (χ2v) is 7.42. The quantitative estimate of drug-likeness (QED) is 0.689. The van der Waals surface area contributed by atoms with Gasteiger partial charge in [0, 0.05) is 4.47 Å². The summed E-state index contributed by atoms with van der Waals surface area (Å²) in [6.45, 7) is 0.0967. The van der Waals surface area contributed by atoms with E-state index in [1.165, 1.54) is 0 Å². The lowest BCUT2D eigenvalue weighted by molar-refractivity contribution is -0.130. The van der Waals surface area contributed by atoms with Crippen molar-refractivity contribution < 1.29 is 19.4 Å². The highest BCUT2D eigenvalue weighted by Gasteiger charge is 2.43. The molecule has 5 nitrogen and oxygen atoms in total. The molecule has 0 unspecified atom stereocenters. The first kappa shape index (κ1) is 18.1. The number of aliphatic hydroxyl groups is 1. The molecule has 1 N–H and O–H groups in total. The van der Waals surface area contributed by atoms with Gasteiger partial charge < -0.3 is 9.84 Å². The van der Waals surface area contributed by atoms with Crippen molar-refractivity contribution in [1.29, 1.82) is 0 Å². The maximum atomic E-state index is 12.9. The molecular weight excluding hydrogens is 454 g/mol. The number of rotatable bonds is 4. The standard InChI is InChI=1S/C18H15Br2NO4/c19-13-9-5-4-8-12(13)16(22)15(20)17(23)21-14(10-25-18(21)24)11-6-2-1-3-7-11/h1-9,14-16,22H,10H2/t14-,15+,16+/m0/s1. The summed E-state index contributed by atoms with van der Waals surface area (Å²) in [5, 5.41) is 10.6. The minimum Gasteiger partial charge on any atom is -0.446 e. The fourth-order valence-electron chi connectivity index (χ4n) is 2.73. The molecule has 0 bridgehead atoms. The third-order valence-electron chi connectivity index (χ3n) is 4.03. The van der Waals surface area contributed by atoms with E-state index in [2.05, 4.69) is 31.9 Å². The average molecular weight is 469 g/mol. The van der Waals surface area contributed by atoms with Crippen molar-refractivity contribution >= 4 is 43.9 Å². The van der Waals surface area contributed by atoms with Gasteiger partial charge in [0.2, 0.25) is 5.91 Å². The van der Waals surface area contributed by atoms with Gasteiger partial charge in [0.15, 0.2) is 0 Å². The topological polar surface area (TPSA) is 66.8 Å². The highest BCUT2D eigenvalue weighted by atomic mass is 79.9. The van der Waals surface area contributed by atoms with Crippen LogP contribution in [0.15, 0.2) is 59.1 Å². The third kappa shape index (κ3) is 3.63. The molecule has 1 fully saturated rings. The van der Waals surface area contributed by atoms with E-state index in [0.29, 0.717) is 10.0 Å². The first-order valence-corrected chi connectivity index (χ1v) is 9.33. The number of hydrogen-bond acceptors (Lipinski definition) is 4. The summed E-state index contributed by atoms with van der Waals surface area (Å²) < 4.78 is 5.75. The SMILES string of the molecule is O=C1OC[C@@H](c2ccccc2)N1C(=O)[C@H](Br)[C@H](O)c1ccccc1Br. The normalized spacial score (nSPS) is 19.4. The molecule has 2 amide bonds. The molecule has 3 atom stereocenters. The predicted octanol–water partition coefficient (Wildman–Crippen LogP) is 3.97. The Hall–Kier alpha value is -1.70. The van der Waals surface area contributed by atoms with E-state index in [-0.39, 0.29) is 6.61 Å². The van der Waals surface area contributed by atoms with Crippen molar-refractivity contribution in [1.82, 2.24) is 4.90 Å². The fourth-order valence-corrected chi connectivity index (χ4v) is 3.75. The average Bonchev–Trinajstić information content (AvgIpc) is 3.02. The van der Waals surface area contributed by atoms with Gasteiger partial charge in [-0.05, 0) is 17.2 Å². The lowest BCUT2D eigenvalue weighted by Crippen LogP contribution is -2.41. The van der Waals surface area contributed by atoms with E-state index < -0.39 is 29.0 Å². The number of cyclic esters (lactones) is 1. The van der Waals surface area contributed by atoms with Gasteiger partial charge in [-0.3, -0.25) is 4.79 Å². The lowest BCUT2D eigenvalue weighted by atomic mass is 10.0. The Bertz CT molecular complexity index is 784. The Balaban J connectivity index is 1.85. The van der Waals surface area contributed by atoms with Crippen LogP contribution in [0.1, 0.15) is 23.3 Å². The first-order valence-electron chi connectivity index (χ1n) is 7.62. The van der Waals surface area contributed by atoms with Crippen LogP contribution in [0.2, 0.25) is 0 Å². The second kappa shape index (κ2) is 7.68. The molecule has 0 saturated carbocycles. The molecular formula is C18H15Br2NO4. The van der Waals surface area contributed by atoms with Gasteiger partial charge >= 0.3 is 6.09 Å². The summed E-state index contributed by atoms with van der Waals surface area (Å²) in [4.78, 5) is 25.1. The van der Waals surface area contributed by atoms with Gasteiger partial charge in [0.25, 0.3) is 0 Å². The number of aliphatic hydroxyl groups excluding tert-OH is 1. The number of amides is 2. The third-order valence-corrected chi connectivity index (χ3v) is 5.65. The summed E-state index contributed by atoms with van der Waals surface area (Å²) in [5.74, 6) is -0.542. The Morgan fingerprint density at radius 3 is 2.48 bits per heavy atom. The summed E-state index contributed by atoms with van der Waals surface area (Å²) in [6.07, 6.45) is -1.82. The minimum atomic E-state index is -1.12. The Morgan fingerprint density at radius 2 is 1.80 bits per heavy atom. The molecule has 7 heteroatoms. The van der Waals surface area contributed by atoms with Crippen LogP contribution >= 0.6 is 31.9 Å². The molecule has 130 valence electrons. The van der Waals surface area contributed by atoms with Crippen molar-refractivity contribution in [2.45, 2.75) is 17.0 Å². The molecule has 2 aromatic rings. The summed E-state index contributed by atoms with van der Waals surface area (Å²) in [5.41, 5.74) is 1.36. The Morgan fingerprint density at radius 1 is 1.16 bits per heavy atom. The van der Waals surface area contributed by atoms with E-state index in [0.717, 1.165) is 10.5 Å². The van der Waals surface area contributed by atoms with Gasteiger partial charge in [0.05, 0.1) is 0 Å². The van der Waals surface area contributed by atoms with Crippen molar-refractivity contribution in [3.05, 3.63) is 70.2 Å². The number of carbonyl (C=O) groups is 2. The molecule has 1 aliphatic heterocycles. The Kier molecular flexibility index (Phi) is 5.56. The number of nitrogens with zero attached hydrogens (tertiary/aromatic N) is 1. The van der Waals surface area contributed by atoms with Gasteiger partial charge in [-0.2, -0.15) is 0 Å². The van der Waals surface area contributed by atoms with Gasteiger partial charge in [-0.15, -0.1) is 0 Å². The van der Waals surface area contributed by atoms with Crippen LogP contribution in [-0.2, 0) is 9.53 Å². The number of ether oxygens (including phenoxy) is 1. The molecule has 1 heterocycles. The van der Waals surface area contributed by atoms with Crippen molar-refractivity contribution in [2.24, 2.45) is 0 Å². The van der Waals surface area contributed by atoms with Crippen LogP contribution in [0, 0.1) is 0 Å². The molecule has 0 radical (unpaired) electrons. The highest BCUT2D eigenvalue weighted by Crippen LogP contribution is 2.34. The van der Waals surface area contributed by atoms with E-state index in [1.54, 1.807) is 18.2 Å². The van der Waals surface area contributed by atoms with Crippen LogP contribution in [-0.4, -0.2) is 33.4 Å². The van der Waals surface area contributed by atoms with Crippen LogP contribution in [0.4, 0.5) is 4.79 Å². The van der Waals surface area contributed by atoms with Crippen molar-refractivity contribution in [2.75, 3.05) is 6.61 Å². The first-order chi connectivity index (χ1) is 12.0.